The van der Waals surface area contributed by atoms with Gasteiger partial charge in [0.25, 0.3) is 0 Å². The summed E-state index contributed by atoms with van der Waals surface area (Å²) in [6.07, 6.45) is 1.23. The molecule has 0 atom stereocenters. The molecule has 1 aromatic carbocycles. The smallest absolute Gasteiger partial charge is 0.321 e. The third-order valence-electron chi connectivity index (χ3n) is 4.44. The van der Waals surface area contributed by atoms with Crippen LogP contribution in [0.1, 0.15) is 31.4 Å². The van der Waals surface area contributed by atoms with Crippen molar-refractivity contribution in [1.29, 1.82) is 0 Å². The van der Waals surface area contributed by atoms with Gasteiger partial charge in [-0.1, -0.05) is 19.9 Å². The Morgan fingerprint density at radius 1 is 1.14 bits per heavy atom. The van der Waals surface area contributed by atoms with Crippen molar-refractivity contribution in [3.63, 3.8) is 0 Å². The Balaban J connectivity index is 1.81. The molecule has 22 heavy (non-hydrogen) atoms. The van der Waals surface area contributed by atoms with E-state index < -0.39 is 0 Å². The molecule has 0 radical (unpaired) electrons. The molecular formula is C18H29N3O. The third kappa shape index (κ3) is 4.73. The number of hydrogen-bond acceptors (Lipinski definition) is 2. The minimum Gasteiger partial charge on any atom is -0.322 e. The van der Waals surface area contributed by atoms with Gasteiger partial charge in [0.2, 0.25) is 0 Å². The van der Waals surface area contributed by atoms with Gasteiger partial charge in [0.15, 0.2) is 0 Å². The molecule has 1 N–H and O–H groups in total. The Kier molecular flexibility index (Phi) is 5.83. The van der Waals surface area contributed by atoms with Crippen molar-refractivity contribution >= 4 is 11.7 Å². The molecule has 4 heteroatoms. The second kappa shape index (κ2) is 7.63. The van der Waals surface area contributed by atoms with Gasteiger partial charge in [-0.25, -0.2) is 4.79 Å². The number of amides is 2. The first kappa shape index (κ1) is 16.8. The topological polar surface area (TPSA) is 35.6 Å². The Labute approximate surface area is 134 Å². The molecule has 1 fully saturated rings. The minimum atomic E-state index is 0.0202. The van der Waals surface area contributed by atoms with Crippen LogP contribution in [0.3, 0.4) is 0 Å². The fourth-order valence-electron chi connectivity index (χ4n) is 2.64. The first-order valence-electron chi connectivity index (χ1n) is 8.31. The van der Waals surface area contributed by atoms with E-state index in [1.165, 1.54) is 17.5 Å². The van der Waals surface area contributed by atoms with Crippen LogP contribution in [-0.4, -0.2) is 48.6 Å². The average Bonchev–Trinajstić information content (AvgIpc) is 2.49. The number of benzene rings is 1. The first-order chi connectivity index (χ1) is 10.5. The molecule has 0 saturated carbocycles. The van der Waals surface area contributed by atoms with Crippen LogP contribution in [0.2, 0.25) is 0 Å². The SMILES string of the molecule is Cc1ccc(NC(=O)N2CCN(CCC(C)C)CC2)cc1C. The molecule has 2 rings (SSSR count). The zero-order valence-corrected chi connectivity index (χ0v) is 14.4. The molecule has 1 aromatic rings. The van der Waals surface area contributed by atoms with Gasteiger partial charge in [0.1, 0.15) is 0 Å². The summed E-state index contributed by atoms with van der Waals surface area (Å²) in [6, 6.07) is 6.08. The summed E-state index contributed by atoms with van der Waals surface area (Å²) in [5.41, 5.74) is 3.34. The highest BCUT2D eigenvalue weighted by atomic mass is 16.2. The lowest BCUT2D eigenvalue weighted by Gasteiger charge is -2.35. The van der Waals surface area contributed by atoms with Crippen LogP contribution in [-0.2, 0) is 0 Å². The van der Waals surface area contributed by atoms with Gasteiger partial charge in [-0.15, -0.1) is 0 Å². The van der Waals surface area contributed by atoms with Gasteiger partial charge in [-0.3, -0.25) is 4.90 Å². The summed E-state index contributed by atoms with van der Waals surface area (Å²) in [6.45, 7) is 13.4. The summed E-state index contributed by atoms with van der Waals surface area (Å²) in [5.74, 6) is 0.742. The first-order valence-corrected chi connectivity index (χ1v) is 8.31. The summed E-state index contributed by atoms with van der Waals surface area (Å²) in [7, 11) is 0. The zero-order valence-electron chi connectivity index (χ0n) is 14.4. The molecule has 0 unspecified atom stereocenters. The van der Waals surface area contributed by atoms with Gasteiger partial charge in [0.05, 0.1) is 0 Å². The van der Waals surface area contributed by atoms with Crippen LogP contribution in [0, 0.1) is 19.8 Å². The number of carbonyl (C=O) groups is 1. The second-order valence-electron chi connectivity index (χ2n) is 6.74. The molecule has 0 bridgehead atoms. The number of urea groups is 1. The lowest BCUT2D eigenvalue weighted by atomic mass is 10.1. The largest absolute Gasteiger partial charge is 0.322 e. The van der Waals surface area contributed by atoms with E-state index in [1.54, 1.807) is 0 Å². The van der Waals surface area contributed by atoms with Gasteiger partial charge in [-0.2, -0.15) is 0 Å². The lowest BCUT2D eigenvalue weighted by Crippen LogP contribution is -2.50. The average molecular weight is 303 g/mol. The summed E-state index contributed by atoms with van der Waals surface area (Å²) >= 11 is 0. The predicted molar refractivity (Wildman–Crippen MR) is 92.4 cm³/mol. The number of nitrogens with zero attached hydrogens (tertiary/aromatic N) is 2. The fraction of sp³-hybridized carbons (Fsp3) is 0.611. The van der Waals surface area contributed by atoms with Crippen molar-refractivity contribution in [1.82, 2.24) is 9.80 Å². The van der Waals surface area contributed by atoms with E-state index in [0.717, 1.165) is 44.3 Å². The Hall–Kier alpha value is -1.55. The number of carbonyl (C=O) groups excluding carboxylic acids is 1. The molecule has 0 aliphatic carbocycles. The van der Waals surface area contributed by atoms with E-state index in [9.17, 15) is 4.79 Å². The van der Waals surface area contributed by atoms with Gasteiger partial charge >= 0.3 is 6.03 Å². The van der Waals surface area contributed by atoms with Gasteiger partial charge in [-0.05, 0) is 56.0 Å². The maximum Gasteiger partial charge on any atom is 0.321 e. The highest BCUT2D eigenvalue weighted by molar-refractivity contribution is 5.89. The van der Waals surface area contributed by atoms with E-state index >= 15 is 0 Å². The molecule has 0 aromatic heterocycles. The van der Waals surface area contributed by atoms with E-state index in [0.29, 0.717) is 0 Å². The van der Waals surface area contributed by atoms with E-state index in [4.69, 9.17) is 0 Å². The molecule has 2 amide bonds. The van der Waals surface area contributed by atoms with Crippen LogP contribution in [0.15, 0.2) is 18.2 Å². The predicted octanol–water partition coefficient (Wildman–Crippen LogP) is 3.50. The number of aryl methyl sites for hydroxylation is 2. The molecule has 4 nitrogen and oxygen atoms in total. The van der Waals surface area contributed by atoms with E-state index in [1.807, 2.05) is 17.0 Å². The minimum absolute atomic E-state index is 0.0202. The lowest BCUT2D eigenvalue weighted by molar-refractivity contribution is 0.143. The Morgan fingerprint density at radius 3 is 2.41 bits per heavy atom. The summed E-state index contributed by atoms with van der Waals surface area (Å²) < 4.78 is 0. The van der Waals surface area contributed by atoms with E-state index in [2.05, 4.69) is 44.0 Å². The quantitative estimate of drug-likeness (QED) is 0.924. The molecule has 0 spiro atoms. The number of rotatable bonds is 4. The molecule has 122 valence electrons. The highest BCUT2D eigenvalue weighted by Gasteiger charge is 2.21. The maximum absolute atomic E-state index is 12.3. The maximum atomic E-state index is 12.3. The van der Waals surface area contributed by atoms with Crippen molar-refractivity contribution in [3.05, 3.63) is 29.3 Å². The van der Waals surface area contributed by atoms with Crippen molar-refractivity contribution in [3.8, 4) is 0 Å². The number of piperazine rings is 1. The van der Waals surface area contributed by atoms with Crippen LogP contribution >= 0.6 is 0 Å². The molecule has 1 aliphatic rings. The van der Waals surface area contributed by atoms with Gasteiger partial charge < -0.3 is 10.2 Å². The molecule has 1 heterocycles. The number of nitrogens with one attached hydrogen (secondary N) is 1. The van der Waals surface area contributed by atoms with Gasteiger partial charge in [0, 0.05) is 31.9 Å². The summed E-state index contributed by atoms with van der Waals surface area (Å²) in [4.78, 5) is 16.7. The molecule has 1 saturated heterocycles. The van der Waals surface area contributed by atoms with E-state index in [-0.39, 0.29) is 6.03 Å². The van der Waals surface area contributed by atoms with Crippen molar-refractivity contribution in [2.45, 2.75) is 34.1 Å². The second-order valence-corrected chi connectivity index (χ2v) is 6.74. The van der Waals surface area contributed by atoms with Crippen LogP contribution < -0.4 is 5.32 Å². The standard InChI is InChI=1S/C18H29N3O/c1-14(2)7-8-20-9-11-21(12-10-20)18(22)19-17-6-5-15(3)16(4)13-17/h5-6,13-14H,7-12H2,1-4H3,(H,19,22). The normalized spacial score (nSPS) is 16.1. The Bertz CT molecular complexity index is 505. The molecule has 1 aliphatic heterocycles. The van der Waals surface area contributed by atoms with Crippen LogP contribution in [0.5, 0.6) is 0 Å². The monoisotopic (exact) mass is 303 g/mol. The zero-order chi connectivity index (χ0) is 16.1. The number of anilines is 1. The van der Waals surface area contributed by atoms with Crippen LogP contribution in [0.25, 0.3) is 0 Å². The highest BCUT2D eigenvalue weighted by Crippen LogP contribution is 2.15. The summed E-state index contributed by atoms with van der Waals surface area (Å²) in [5, 5.41) is 3.01. The van der Waals surface area contributed by atoms with Crippen LogP contribution in [0.4, 0.5) is 10.5 Å². The fourth-order valence-corrected chi connectivity index (χ4v) is 2.64. The van der Waals surface area contributed by atoms with Crippen molar-refractivity contribution in [2.75, 3.05) is 38.0 Å². The third-order valence-corrected chi connectivity index (χ3v) is 4.44. The number of hydrogen-bond donors (Lipinski definition) is 1. The van der Waals surface area contributed by atoms with Crippen molar-refractivity contribution < 1.29 is 4.79 Å². The van der Waals surface area contributed by atoms with Crippen molar-refractivity contribution in [2.24, 2.45) is 5.92 Å². The Morgan fingerprint density at radius 2 is 1.82 bits per heavy atom. The molecular weight excluding hydrogens is 274 g/mol.